The molecule has 3 aliphatic rings. The third kappa shape index (κ3) is 2.55. The molecule has 3 nitrogen and oxygen atoms in total. The Labute approximate surface area is 151 Å². The van der Waals surface area contributed by atoms with Crippen molar-refractivity contribution >= 4 is 0 Å². The molecule has 1 aromatic rings. The zero-order valence-electron chi connectivity index (χ0n) is 15.4. The first-order valence-corrected chi connectivity index (χ1v) is 10.1. The Kier molecular flexibility index (Phi) is 4.41. The lowest BCUT2D eigenvalue weighted by Crippen LogP contribution is -2.71. The quantitative estimate of drug-likeness (QED) is 0.630. The van der Waals surface area contributed by atoms with Crippen LogP contribution in [-0.2, 0) is 11.8 Å². The molecule has 0 aromatic heterocycles. The third-order valence-corrected chi connectivity index (χ3v) is 6.94. The number of fused-ring (bicyclic) bond motifs is 1. The lowest BCUT2D eigenvalue weighted by atomic mass is 9.51. The van der Waals surface area contributed by atoms with E-state index in [1.165, 1.54) is 31.2 Å². The molecule has 0 amide bonds. The van der Waals surface area contributed by atoms with E-state index in [0.29, 0.717) is 5.75 Å². The van der Waals surface area contributed by atoms with Gasteiger partial charge in [-0.25, -0.2) is 0 Å². The van der Waals surface area contributed by atoms with Crippen LogP contribution in [0, 0.1) is 0 Å². The van der Waals surface area contributed by atoms with Crippen LogP contribution in [0.5, 0.6) is 5.75 Å². The number of rotatable bonds is 5. The maximum Gasteiger partial charge on any atom is 0.115 e. The van der Waals surface area contributed by atoms with Gasteiger partial charge in [-0.3, -0.25) is 4.90 Å². The minimum atomic E-state index is -0.703. The van der Waals surface area contributed by atoms with Crippen LogP contribution in [0.2, 0.25) is 0 Å². The Balaban J connectivity index is 1.70. The predicted octanol–water partition coefficient (Wildman–Crippen LogP) is 3.92. The fourth-order valence-electron chi connectivity index (χ4n) is 5.63. The molecule has 1 fully saturated rings. The number of benzene rings is 1. The minimum absolute atomic E-state index is 0.199. The highest BCUT2D eigenvalue weighted by Crippen LogP contribution is 2.56. The number of hydrogen-bond donors (Lipinski definition) is 2. The molecule has 0 unspecified atom stereocenters. The molecule has 3 heteroatoms. The van der Waals surface area contributed by atoms with E-state index in [9.17, 15) is 10.2 Å². The molecular formula is C22H31NO2. The van der Waals surface area contributed by atoms with Gasteiger partial charge in [-0.05, 0) is 68.5 Å². The standard InChI is InChI=1S/C22H31NO2/c1-2-3-4-7-13-23-14-12-21-10-5-6-11-22(21,25)20(23)15-17-8-9-18(24)16-19(17)21/h5,8-10,16,20,24-25H,2-4,6-7,11-15H2,1H3/t20-,21+,22-/m0/s1. The van der Waals surface area contributed by atoms with E-state index >= 15 is 0 Å². The van der Waals surface area contributed by atoms with Gasteiger partial charge in [-0.2, -0.15) is 0 Å². The molecular weight excluding hydrogens is 310 g/mol. The second-order valence-corrected chi connectivity index (χ2v) is 8.24. The van der Waals surface area contributed by atoms with E-state index < -0.39 is 5.60 Å². The lowest BCUT2D eigenvalue weighted by Gasteiger charge is -2.62. The van der Waals surface area contributed by atoms with E-state index in [1.54, 1.807) is 6.07 Å². The molecule has 0 saturated carbocycles. The van der Waals surface area contributed by atoms with Crippen molar-refractivity contribution in [3.63, 3.8) is 0 Å². The summed E-state index contributed by atoms with van der Waals surface area (Å²) in [5.74, 6) is 0.315. The molecule has 0 spiro atoms. The molecule has 136 valence electrons. The number of phenols is 1. The van der Waals surface area contributed by atoms with Crippen molar-refractivity contribution in [2.45, 2.75) is 75.3 Å². The fourth-order valence-corrected chi connectivity index (χ4v) is 5.63. The first kappa shape index (κ1) is 17.1. The topological polar surface area (TPSA) is 43.7 Å². The highest BCUT2D eigenvalue weighted by molar-refractivity contribution is 5.51. The molecule has 1 heterocycles. The number of aromatic hydroxyl groups is 1. The maximum atomic E-state index is 11.9. The van der Waals surface area contributed by atoms with Gasteiger partial charge in [0.15, 0.2) is 0 Å². The van der Waals surface area contributed by atoms with Gasteiger partial charge in [-0.1, -0.05) is 44.4 Å². The van der Waals surface area contributed by atoms with Gasteiger partial charge in [-0.15, -0.1) is 0 Å². The summed E-state index contributed by atoms with van der Waals surface area (Å²) < 4.78 is 0. The van der Waals surface area contributed by atoms with Crippen molar-refractivity contribution in [1.29, 1.82) is 0 Å². The largest absolute Gasteiger partial charge is 0.508 e. The number of aliphatic hydroxyl groups is 1. The predicted molar refractivity (Wildman–Crippen MR) is 101 cm³/mol. The minimum Gasteiger partial charge on any atom is -0.508 e. The number of hydrogen-bond acceptors (Lipinski definition) is 3. The summed E-state index contributed by atoms with van der Waals surface area (Å²) >= 11 is 0. The van der Waals surface area contributed by atoms with Gasteiger partial charge >= 0.3 is 0 Å². The van der Waals surface area contributed by atoms with Crippen molar-refractivity contribution < 1.29 is 10.2 Å². The van der Waals surface area contributed by atoms with Gasteiger partial charge in [0.2, 0.25) is 0 Å². The highest BCUT2D eigenvalue weighted by Gasteiger charge is 2.61. The molecule has 2 aliphatic carbocycles. The maximum absolute atomic E-state index is 11.9. The Morgan fingerprint density at radius 1 is 1.20 bits per heavy atom. The normalized spacial score (nSPS) is 33.8. The first-order chi connectivity index (χ1) is 12.1. The Morgan fingerprint density at radius 3 is 2.92 bits per heavy atom. The first-order valence-electron chi connectivity index (χ1n) is 10.1. The summed E-state index contributed by atoms with van der Waals surface area (Å²) in [7, 11) is 0. The summed E-state index contributed by atoms with van der Waals surface area (Å²) in [5, 5.41) is 22.0. The summed E-state index contributed by atoms with van der Waals surface area (Å²) in [6, 6.07) is 5.98. The molecule has 4 rings (SSSR count). The van der Waals surface area contributed by atoms with Crippen LogP contribution in [-0.4, -0.2) is 39.8 Å². The number of piperidine rings is 1. The van der Waals surface area contributed by atoms with Crippen LogP contribution in [0.4, 0.5) is 0 Å². The average molecular weight is 341 g/mol. The summed E-state index contributed by atoms with van der Waals surface area (Å²) in [4.78, 5) is 2.56. The Bertz CT molecular complexity index is 670. The second-order valence-electron chi connectivity index (χ2n) is 8.24. The molecule has 0 radical (unpaired) electrons. The van der Waals surface area contributed by atoms with Crippen LogP contribution in [0.25, 0.3) is 0 Å². The van der Waals surface area contributed by atoms with Gasteiger partial charge in [0.1, 0.15) is 5.75 Å². The zero-order chi connectivity index (χ0) is 17.5. The molecule has 1 aromatic carbocycles. The Hall–Kier alpha value is -1.32. The molecule has 2 bridgehead atoms. The number of likely N-dealkylation sites (tertiary alicyclic amines) is 1. The van der Waals surface area contributed by atoms with Crippen molar-refractivity contribution in [1.82, 2.24) is 4.90 Å². The fraction of sp³-hybridized carbons (Fsp3) is 0.636. The second kappa shape index (κ2) is 6.44. The van der Waals surface area contributed by atoms with Gasteiger partial charge in [0, 0.05) is 11.5 Å². The van der Waals surface area contributed by atoms with Crippen LogP contribution in [0.15, 0.2) is 30.4 Å². The smallest absolute Gasteiger partial charge is 0.115 e. The molecule has 1 aliphatic heterocycles. The third-order valence-electron chi connectivity index (χ3n) is 6.94. The Morgan fingerprint density at radius 2 is 2.08 bits per heavy atom. The van der Waals surface area contributed by atoms with E-state index in [2.05, 4.69) is 30.0 Å². The van der Waals surface area contributed by atoms with Crippen molar-refractivity contribution in [2.24, 2.45) is 0 Å². The number of nitrogens with zero attached hydrogens (tertiary/aromatic N) is 1. The van der Waals surface area contributed by atoms with Gasteiger partial charge in [0.05, 0.1) is 5.60 Å². The van der Waals surface area contributed by atoms with Crippen molar-refractivity contribution in [3.05, 3.63) is 41.5 Å². The van der Waals surface area contributed by atoms with E-state index in [4.69, 9.17) is 0 Å². The molecule has 3 atom stereocenters. The molecule has 25 heavy (non-hydrogen) atoms. The van der Waals surface area contributed by atoms with Gasteiger partial charge in [0.25, 0.3) is 0 Å². The average Bonchev–Trinajstić information content (AvgIpc) is 2.60. The summed E-state index contributed by atoms with van der Waals surface area (Å²) in [5.41, 5.74) is 1.44. The van der Waals surface area contributed by atoms with E-state index in [1.807, 2.05) is 6.07 Å². The van der Waals surface area contributed by atoms with E-state index in [-0.39, 0.29) is 11.5 Å². The van der Waals surface area contributed by atoms with E-state index in [0.717, 1.165) is 44.3 Å². The SMILES string of the molecule is CCCCCCN1CC[C@@]23C=CCC[C@]2(O)[C@@H]1Cc1ccc(O)cc13. The van der Waals surface area contributed by atoms with Crippen LogP contribution in [0.3, 0.4) is 0 Å². The summed E-state index contributed by atoms with van der Waals surface area (Å²) in [6.07, 6.45) is 13.2. The lowest BCUT2D eigenvalue weighted by molar-refractivity contribution is -0.138. The van der Waals surface area contributed by atoms with Crippen LogP contribution >= 0.6 is 0 Å². The highest BCUT2D eigenvalue weighted by atomic mass is 16.3. The molecule has 1 saturated heterocycles. The summed E-state index contributed by atoms with van der Waals surface area (Å²) in [6.45, 7) is 4.39. The van der Waals surface area contributed by atoms with Crippen molar-refractivity contribution in [3.8, 4) is 5.75 Å². The monoisotopic (exact) mass is 341 g/mol. The molecule has 2 N–H and O–H groups in total. The zero-order valence-corrected chi connectivity index (χ0v) is 15.4. The van der Waals surface area contributed by atoms with Crippen LogP contribution < -0.4 is 0 Å². The van der Waals surface area contributed by atoms with Crippen LogP contribution in [0.1, 0.15) is 63.0 Å². The number of phenolic OH excluding ortho intramolecular Hbond substituents is 1. The van der Waals surface area contributed by atoms with Gasteiger partial charge < -0.3 is 10.2 Å². The number of allylic oxidation sites excluding steroid dienone is 1. The van der Waals surface area contributed by atoms with Crippen molar-refractivity contribution in [2.75, 3.05) is 13.1 Å². The number of unbranched alkanes of at least 4 members (excludes halogenated alkanes) is 3.